The SMILES string of the molecule is Cc1ccc(COc2ccc(CNCC3CN(C)CCO3)cc2)cc1. The fraction of sp³-hybridized carbons (Fsp3) is 0.429. The summed E-state index contributed by atoms with van der Waals surface area (Å²) in [5, 5.41) is 3.48. The van der Waals surface area contributed by atoms with Crippen LogP contribution in [-0.4, -0.2) is 44.3 Å². The van der Waals surface area contributed by atoms with Gasteiger partial charge in [-0.2, -0.15) is 0 Å². The lowest BCUT2D eigenvalue weighted by Gasteiger charge is -2.30. The van der Waals surface area contributed by atoms with Gasteiger partial charge in [-0.05, 0) is 37.2 Å². The number of likely N-dealkylation sites (N-methyl/N-ethyl adjacent to an activating group) is 1. The lowest BCUT2D eigenvalue weighted by molar-refractivity contribution is -0.0182. The monoisotopic (exact) mass is 340 g/mol. The van der Waals surface area contributed by atoms with Crippen molar-refractivity contribution < 1.29 is 9.47 Å². The highest BCUT2D eigenvalue weighted by Gasteiger charge is 2.16. The third kappa shape index (κ3) is 5.85. The summed E-state index contributed by atoms with van der Waals surface area (Å²) >= 11 is 0. The number of aryl methyl sites for hydroxylation is 1. The van der Waals surface area contributed by atoms with Crippen LogP contribution in [0.4, 0.5) is 0 Å². The fourth-order valence-electron chi connectivity index (χ4n) is 2.92. The van der Waals surface area contributed by atoms with Gasteiger partial charge in [-0.15, -0.1) is 0 Å². The van der Waals surface area contributed by atoms with Crippen LogP contribution in [0.2, 0.25) is 0 Å². The average Bonchev–Trinajstić information content (AvgIpc) is 2.62. The first kappa shape index (κ1) is 17.9. The minimum atomic E-state index is 0.288. The minimum absolute atomic E-state index is 0.288. The van der Waals surface area contributed by atoms with Crippen molar-refractivity contribution in [1.82, 2.24) is 10.2 Å². The van der Waals surface area contributed by atoms with Gasteiger partial charge in [0.1, 0.15) is 12.4 Å². The Morgan fingerprint density at radius 1 is 1.08 bits per heavy atom. The number of nitrogens with one attached hydrogen (secondary N) is 1. The maximum Gasteiger partial charge on any atom is 0.119 e. The van der Waals surface area contributed by atoms with Crippen LogP contribution in [0.25, 0.3) is 0 Å². The summed E-state index contributed by atoms with van der Waals surface area (Å²) in [5.74, 6) is 0.904. The number of rotatable bonds is 7. The lowest BCUT2D eigenvalue weighted by Crippen LogP contribution is -2.44. The van der Waals surface area contributed by atoms with E-state index in [-0.39, 0.29) is 6.10 Å². The van der Waals surface area contributed by atoms with E-state index in [9.17, 15) is 0 Å². The molecule has 4 heteroatoms. The first-order valence-corrected chi connectivity index (χ1v) is 8.97. The second kappa shape index (κ2) is 8.99. The molecular formula is C21H28N2O2. The lowest BCUT2D eigenvalue weighted by atomic mass is 10.2. The van der Waals surface area contributed by atoms with E-state index < -0.39 is 0 Å². The van der Waals surface area contributed by atoms with Gasteiger partial charge in [0.25, 0.3) is 0 Å². The fourth-order valence-corrected chi connectivity index (χ4v) is 2.92. The molecule has 2 aromatic carbocycles. The number of nitrogens with zero attached hydrogens (tertiary/aromatic N) is 1. The van der Waals surface area contributed by atoms with Crippen molar-refractivity contribution in [3.05, 3.63) is 65.2 Å². The van der Waals surface area contributed by atoms with Crippen LogP contribution in [-0.2, 0) is 17.9 Å². The molecule has 1 unspecified atom stereocenters. The molecule has 0 bridgehead atoms. The predicted molar refractivity (Wildman–Crippen MR) is 101 cm³/mol. The molecule has 25 heavy (non-hydrogen) atoms. The maximum atomic E-state index is 5.85. The minimum Gasteiger partial charge on any atom is -0.489 e. The van der Waals surface area contributed by atoms with E-state index in [1.54, 1.807) is 0 Å². The zero-order valence-corrected chi connectivity index (χ0v) is 15.2. The molecule has 3 rings (SSSR count). The average molecular weight is 340 g/mol. The van der Waals surface area contributed by atoms with E-state index in [0.717, 1.165) is 38.5 Å². The van der Waals surface area contributed by atoms with Crippen molar-refractivity contribution >= 4 is 0 Å². The molecule has 2 aromatic rings. The van der Waals surface area contributed by atoms with E-state index in [0.29, 0.717) is 6.61 Å². The molecule has 0 amide bonds. The first-order valence-electron chi connectivity index (χ1n) is 8.97. The smallest absolute Gasteiger partial charge is 0.119 e. The molecule has 1 aliphatic heterocycles. The van der Waals surface area contributed by atoms with Gasteiger partial charge in [0, 0.05) is 26.2 Å². The van der Waals surface area contributed by atoms with Crippen molar-refractivity contribution in [1.29, 1.82) is 0 Å². The van der Waals surface area contributed by atoms with E-state index in [4.69, 9.17) is 9.47 Å². The molecule has 0 aromatic heterocycles. The van der Waals surface area contributed by atoms with E-state index in [2.05, 4.69) is 60.6 Å². The van der Waals surface area contributed by atoms with Crippen LogP contribution in [0.15, 0.2) is 48.5 Å². The van der Waals surface area contributed by atoms with Crippen molar-refractivity contribution in [3.63, 3.8) is 0 Å². The summed E-state index contributed by atoms with van der Waals surface area (Å²) in [4.78, 5) is 2.32. The van der Waals surface area contributed by atoms with Gasteiger partial charge in [0.05, 0.1) is 12.7 Å². The molecule has 0 radical (unpaired) electrons. The third-order valence-electron chi connectivity index (χ3n) is 4.49. The summed E-state index contributed by atoms with van der Waals surface area (Å²) in [6.45, 7) is 7.29. The summed E-state index contributed by atoms with van der Waals surface area (Å²) in [5.41, 5.74) is 3.71. The molecule has 1 heterocycles. The van der Waals surface area contributed by atoms with Gasteiger partial charge in [0.15, 0.2) is 0 Å². The van der Waals surface area contributed by atoms with Crippen LogP contribution in [0.1, 0.15) is 16.7 Å². The van der Waals surface area contributed by atoms with Gasteiger partial charge in [-0.3, -0.25) is 0 Å². The van der Waals surface area contributed by atoms with Crippen LogP contribution in [0.3, 0.4) is 0 Å². The topological polar surface area (TPSA) is 33.7 Å². The van der Waals surface area contributed by atoms with Gasteiger partial charge in [-0.1, -0.05) is 42.0 Å². The number of hydrogen-bond acceptors (Lipinski definition) is 4. The first-order chi connectivity index (χ1) is 12.2. The molecule has 1 fully saturated rings. The van der Waals surface area contributed by atoms with Gasteiger partial charge in [-0.25, -0.2) is 0 Å². The van der Waals surface area contributed by atoms with Crippen LogP contribution in [0, 0.1) is 6.92 Å². The molecule has 1 atom stereocenters. The zero-order chi connectivity index (χ0) is 17.5. The standard InChI is InChI=1S/C21H28N2O2/c1-17-3-5-19(6-4-17)16-25-20-9-7-18(8-10-20)13-22-14-21-15-23(2)11-12-24-21/h3-10,21-22H,11-16H2,1-2H3. The molecule has 1 N–H and O–H groups in total. The van der Waals surface area contributed by atoms with Crippen LogP contribution < -0.4 is 10.1 Å². The third-order valence-corrected chi connectivity index (χ3v) is 4.49. The van der Waals surface area contributed by atoms with Crippen molar-refractivity contribution in [3.8, 4) is 5.75 Å². The van der Waals surface area contributed by atoms with Crippen molar-refractivity contribution in [2.24, 2.45) is 0 Å². The highest BCUT2D eigenvalue weighted by atomic mass is 16.5. The highest BCUT2D eigenvalue weighted by molar-refractivity contribution is 5.28. The second-order valence-corrected chi connectivity index (χ2v) is 6.80. The molecule has 134 valence electrons. The van der Waals surface area contributed by atoms with Gasteiger partial charge in [0.2, 0.25) is 0 Å². The Labute approximate surface area is 150 Å². The predicted octanol–water partition coefficient (Wildman–Crippen LogP) is 2.99. The summed E-state index contributed by atoms with van der Waals surface area (Å²) < 4.78 is 11.6. The largest absolute Gasteiger partial charge is 0.489 e. The van der Waals surface area contributed by atoms with Crippen molar-refractivity contribution in [2.75, 3.05) is 33.3 Å². The maximum absolute atomic E-state index is 5.85. The highest BCUT2D eigenvalue weighted by Crippen LogP contribution is 2.14. The van der Waals surface area contributed by atoms with Crippen LogP contribution in [0.5, 0.6) is 5.75 Å². The number of hydrogen-bond donors (Lipinski definition) is 1. The Kier molecular flexibility index (Phi) is 6.45. The van der Waals surface area contributed by atoms with Crippen molar-refractivity contribution in [2.45, 2.75) is 26.2 Å². The molecule has 1 aliphatic rings. The quantitative estimate of drug-likeness (QED) is 0.840. The summed E-state index contributed by atoms with van der Waals surface area (Å²) in [6.07, 6.45) is 0.288. The Morgan fingerprint density at radius 2 is 1.80 bits per heavy atom. The normalized spacial score (nSPS) is 18.2. The molecule has 0 spiro atoms. The molecule has 0 aliphatic carbocycles. The molecule has 1 saturated heterocycles. The molecule has 4 nitrogen and oxygen atoms in total. The number of benzene rings is 2. The van der Waals surface area contributed by atoms with Gasteiger partial charge >= 0.3 is 0 Å². The Bertz CT molecular complexity index is 640. The van der Waals surface area contributed by atoms with E-state index in [1.807, 2.05) is 12.1 Å². The Hall–Kier alpha value is -1.88. The molecular weight excluding hydrogens is 312 g/mol. The number of ether oxygens (including phenoxy) is 2. The Balaban J connectivity index is 1.40. The number of morpholine rings is 1. The second-order valence-electron chi connectivity index (χ2n) is 6.80. The summed E-state index contributed by atoms with van der Waals surface area (Å²) in [7, 11) is 2.14. The summed E-state index contributed by atoms with van der Waals surface area (Å²) in [6, 6.07) is 16.8. The van der Waals surface area contributed by atoms with E-state index >= 15 is 0 Å². The molecule has 0 saturated carbocycles. The van der Waals surface area contributed by atoms with E-state index in [1.165, 1.54) is 16.7 Å². The van der Waals surface area contributed by atoms with Gasteiger partial charge < -0.3 is 19.7 Å². The Morgan fingerprint density at radius 3 is 2.52 bits per heavy atom. The zero-order valence-electron chi connectivity index (χ0n) is 15.2. The van der Waals surface area contributed by atoms with Crippen LogP contribution >= 0.6 is 0 Å².